The molecule has 0 bridgehead atoms. The van der Waals surface area contributed by atoms with E-state index in [1.54, 1.807) is 0 Å². The van der Waals surface area contributed by atoms with Crippen LogP contribution in [0.2, 0.25) is 0 Å². The second-order valence-electron chi connectivity index (χ2n) is 6.87. The Morgan fingerprint density at radius 3 is 2.63 bits per heavy atom. The van der Waals surface area contributed by atoms with E-state index in [2.05, 4.69) is 46.9 Å². The number of nitrogens with zero attached hydrogens (tertiary/aromatic N) is 1. The number of carbonyl (C=O) groups is 1. The lowest BCUT2D eigenvalue weighted by atomic mass is 10.0. The summed E-state index contributed by atoms with van der Waals surface area (Å²) >= 11 is 0. The lowest BCUT2D eigenvalue weighted by Crippen LogP contribution is -2.24. The Labute approximate surface area is 158 Å². The van der Waals surface area contributed by atoms with Crippen molar-refractivity contribution in [2.24, 2.45) is 0 Å². The first-order valence-electron chi connectivity index (χ1n) is 9.13. The van der Waals surface area contributed by atoms with Gasteiger partial charge in [0, 0.05) is 18.5 Å². The fourth-order valence-corrected chi connectivity index (χ4v) is 3.36. The number of aryl methyl sites for hydroxylation is 2. The third-order valence-corrected chi connectivity index (χ3v) is 4.98. The van der Waals surface area contributed by atoms with Crippen LogP contribution < -0.4 is 10.1 Å². The molecule has 27 heavy (non-hydrogen) atoms. The van der Waals surface area contributed by atoms with Gasteiger partial charge in [0.25, 0.3) is 0 Å². The van der Waals surface area contributed by atoms with Crippen LogP contribution in [0.3, 0.4) is 0 Å². The molecule has 5 nitrogen and oxygen atoms in total. The molecule has 5 heteroatoms. The van der Waals surface area contributed by atoms with Crippen molar-refractivity contribution >= 4 is 5.91 Å². The van der Waals surface area contributed by atoms with Crippen LogP contribution in [0.25, 0.3) is 11.1 Å². The third kappa shape index (κ3) is 3.72. The number of benzene rings is 2. The van der Waals surface area contributed by atoms with E-state index in [1.165, 1.54) is 11.1 Å². The molecule has 138 valence electrons. The van der Waals surface area contributed by atoms with Crippen molar-refractivity contribution < 1.29 is 14.1 Å². The molecule has 2 heterocycles. The number of aromatic nitrogens is 1. The SMILES string of the molecule is Cc1noc(C)c1CC(=O)NCc1ccc(-c2ccc3c(c2)CCO3)cc1. The quantitative estimate of drug-likeness (QED) is 0.751. The van der Waals surface area contributed by atoms with Crippen LogP contribution in [0.15, 0.2) is 47.0 Å². The smallest absolute Gasteiger partial charge is 0.224 e. The first-order chi connectivity index (χ1) is 13.1. The van der Waals surface area contributed by atoms with Crippen molar-refractivity contribution in [1.82, 2.24) is 10.5 Å². The number of amides is 1. The highest BCUT2D eigenvalue weighted by Crippen LogP contribution is 2.30. The van der Waals surface area contributed by atoms with Gasteiger partial charge >= 0.3 is 0 Å². The number of hydrogen-bond donors (Lipinski definition) is 1. The summed E-state index contributed by atoms with van der Waals surface area (Å²) in [5.41, 5.74) is 6.32. The van der Waals surface area contributed by atoms with Crippen molar-refractivity contribution in [2.75, 3.05) is 6.61 Å². The number of ether oxygens (including phenoxy) is 1. The van der Waals surface area contributed by atoms with Crippen molar-refractivity contribution in [2.45, 2.75) is 33.2 Å². The maximum absolute atomic E-state index is 12.2. The second-order valence-corrected chi connectivity index (χ2v) is 6.87. The second kappa shape index (κ2) is 7.27. The molecule has 2 aromatic carbocycles. The van der Waals surface area contributed by atoms with E-state index in [9.17, 15) is 4.79 Å². The van der Waals surface area contributed by atoms with Crippen molar-refractivity contribution in [3.05, 3.63) is 70.6 Å². The van der Waals surface area contributed by atoms with Crippen LogP contribution >= 0.6 is 0 Å². The van der Waals surface area contributed by atoms with Crippen molar-refractivity contribution in [3.63, 3.8) is 0 Å². The van der Waals surface area contributed by atoms with Gasteiger partial charge in [-0.3, -0.25) is 4.79 Å². The molecule has 0 spiro atoms. The molecule has 0 saturated heterocycles. The molecule has 1 aliphatic rings. The highest BCUT2D eigenvalue weighted by atomic mass is 16.5. The van der Waals surface area contributed by atoms with E-state index in [4.69, 9.17) is 9.26 Å². The van der Waals surface area contributed by atoms with Crippen LogP contribution in [0.1, 0.15) is 28.1 Å². The topological polar surface area (TPSA) is 64.4 Å². The molecule has 0 radical (unpaired) electrons. The maximum atomic E-state index is 12.2. The van der Waals surface area contributed by atoms with Gasteiger partial charge in [-0.1, -0.05) is 35.5 Å². The first kappa shape index (κ1) is 17.3. The van der Waals surface area contributed by atoms with Gasteiger partial charge in [-0.05, 0) is 48.2 Å². The Kier molecular flexibility index (Phi) is 4.67. The summed E-state index contributed by atoms with van der Waals surface area (Å²) in [5, 5.41) is 6.84. The fraction of sp³-hybridized carbons (Fsp3) is 0.273. The molecule has 0 unspecified atom stereocenters. The van der Waals surface area contributed by atoms with E-state index in [1.807, 2.05) is 19.9 Å². The normalized spacial score (nSPS) is 12.5. The Morgan fingerprint density at radius 2 is 1.89 bits per heavy atom. The zero-order valence-electron chi connectivity index (χ0n) is 15.5. The molecular weight excluding hydrogens is 340 g/mol. The largest absolute Gasteiger partial charge is 0.493 e. The lowest BCUT2D eigenvalue weighted by molar-refractivity contribution is -0.120. The van der Waals surface area contributed by atoms with Gasteiger partial charge in [-0.25, -0.2) is 0 Å². The standard InChI is InChI=1S/C22H22N2O3/c1-14-20(15(2)27-24-14)12-22(25)23-13-16-3-5-17(6-4-16)18-7-8-21-19(11-18)9-10-26-21/h3-8,11H,9-10,12-13H2,1-2H3,(H,23,25). The Balaban J connectivity index is 1.37. The van der Waals surface area contributed by atoms with Crippen LogP contribution in [0, 0.1) is 13.8 Å². The number of hydrogen-bond acceptors (Lipinski definition) is 4. The predicted octanol–water partition coefficient (Wildman–Crippen LogP) is 3.75. The van der Waals surface area contributed by atoms with E-state index in [-0.39, 0.29) is 12.3 Å². The van der Waals surface area contributed by atoms with Gasteiger partial charge in [0.05, 0.1) is 18.7 Å². The summed E-state index contributed by atoms with van der Waals surface area (Å²) in [4.78, 5) is 12.2. The summed E-state index contributed by atoms with van der Waals surface area (Å²) in [7, 11) is 0. The zero-order valence-corrected chi connectivity index (χ0v) is 15.5. The fourth-order valence-electron chi connectivity index (χ4n) is 3.36. The number of nitrogens with one attached hydrogen (secondary N) is 1. The third-order valence-electron chi connectivity index (χ3n) is 4.98. The monoisotopic (exact) mass is 362 g/mol. The van der Waals surface area contributed by atoms with E-state index in [0.717, 1.165) is 41.2 Å². The minimum absolute atomic E-state index is 0.0351. The maximum Gasteiger partial charge on any atom is 0.224 e. The summed E-state index contributed by atoms with van der Waals surface area (Å²) in [5.74, 6) is 1.66. The molecule has 0 atom stereocenters. The number of carbonyl (C=O) groups excluding carboxylic acids is 1. The van der Waals surface area contributed by atoms with Crippen molar-refractivity contribution in [3.8, 4) is 16.9 Å². The summed E-state index contributed by atoms with van der Waals surface area (Å²) < 4.78 is 10.7. The average molecular weight is 362 g/mol. The molecule has 3 aromatic rings. The molecule has 1 amide bonds. The number of fused-ring (bicyclic) bond motifs is 1. The zero-order chi connectivity index (χ0) is 18.8. The molecular formula is C22H22N2O3. The highest BCUT2D eigenvalue weighted by molar-refractivity contribution is 5.79. The van der Waals surface area contributed by atoms with Gasteiger partial charge in [0.1, 0.15) is 11.5 Å². The number of rotatable bonds is 5. The van der Waals surface area contributed by atoms with Crippen LogP contribution in [0.4, 0.5) is 0 Å². The van der Waals surface area contributed by atoms with E-state index >= 15 is 0 Å². The summed E-state index contributed by atoms with van der Waals surface area (Å²) in [6.07, 6.45) is 1.26. The Hall–Kier alpha value is -3.08. The molecule has 0 saturated carbocycles. The van der Waals surface area contributed by atoms with Crippen molar-refractivity contribution in [1.29, 1.82) is 0 Å². The molecule has 0 fully saturated rings. The van der Waals surface area contributed by atoms with E-state index in [0.29, 0.717) is 12.3 Å². The van der Waals surface area contributed by atoms with E-state index < -0.39 is 0 Å². The van der Waals surface area contributed by atoms with Gasteiger partial charge in [0.2, 0.25) is 5.91 Å². The lowest BCUT2D eigenvalue weighted by Gasteiger charge is -2.08. The predicted molar refractivity (Wildman–Crippen MR) is 103 cm³/mol. The van der Waals surface area contributed by atoms with Gasteiger partial charge in [-0.15, -0.1) is 0 Å². The van der Waals surface area contributed by atoms with Gasteiger partial charge in [0.15, 0.2) is 0 Å². The van der Waals surface area contributed by atoms with Crippen LogP contribution in [-0.4, -0.2) is 17.7 Å². The summed E-state index contributed by atoms with van der Waals surface area (Å²) in [6, 6.07) is 14.6. The molecule has 4 rings (SSSR count). The highest BCUT2D eigenvalue weighted by Gasteiger charge is 2.14. The molecule has 1 N–H and O–H groups in total. The molecule has 0 aliphatic carbocycles. The molecule has 1 aliphatic heterocycles. The minimum atomic E-state index is -0.0351. The first-order valence-corrected chi connectivity index (χ1v) is 9.13. The van der Waals surface area contributed by atoms with Gasteiger partial charge in [-0.2, -0.15) is 0 Å². The van der Waals surface area contributed by atoms with Crippen LogP contribution in [0.5, 0.6) is 5.75 Å². The van der Waals surface area contributed by atoms with Crippen LogP contribution in [-0.2, 0) is 24.2 Å². The minimum Gasteiger partial charge on any atom is -0.493 e. The average Bonchev–Trinajstić information content (AvgIpc) is 3.28. The van der Waals surface area contributed by atoms with Gasteiger partial charge < -0.3 is 14.6 Å². The Morgan fingerprint density at radius 1 is 1.11 bits per heavy atom. The molecule has 1 aromatic heterocycles. The Bertz CT molecular complexity index is 954. The summed E-state index contributed by atoms with van der Waals surface area (Å²) in [6.45, 7) is 4.95.